The average Bonchev–Trinajstić information content (AvgIpc) is 3.56. The van der Waals surface area contributed by atoms with Crippen molar-refractivity contribution in [3.63, 3.8) is 0 Å². The molecule has 2 aromatic rings. The van der Waals surface area contributed by atoms with Crippen LogP contribution in [0.5, 0.6) is 0 Å². The Labute approximate surface area is 169 Å². The van der Waals surface area contributed by atoms with Crippen LogP contribution in [0.2, 0.25) is 0 Å². The third kappa shape index (κ3) is 2.39. The summed E-state index contributed by atoms with van der Waals surface area (Å²) in [6.07, 6.45) is 9.81. The van der Waals surface area contributed by atoms with E-state index in [9.17, 15) is 9.59 Å². The maximum atomic E-state index is 13.7. The molecule has 0 saturated heterocycles. The van der Waals surface area contributed by atoms with E-state index in [1.807, 2.05) is 39.7 Å². The number of rotatable bonds is 5. The van der Waals surface area contributed by atoms with Crippen LogP contribution < -0.4 is 11.4 Å². The Balaban J connectivity index is 1.53. The molecule has 5 aliphatic rings. The minimum absolute atomic E-state index is 0.123. The molecule has 2 heterocycles. The molecule has 4 saturated carbocycles. The van der Waals surface area contributed by atoms with Gasteiger partial charge in [-0.05, 0) is 98.3 Å². The lowest BCUT2D eigenvalue weighted by atomic mass is 9.83. The lowest BCUT2D eigenvalue weighted by Crippen LogP contribution is -2.42. The van der Waals surface area contributed by atoms with Gasteiger partial charge in [0.05, 0.1) is 17.8 Å². The quantitative estimate of drug-likeness (QED) is 0.730. The summed E-state index contributed by atoms with van der Waals surface area (Å²) < 4.78 is 5.29. The molecule has 4 aliphatic carbocycles. The molecule has 29 heavy (non-hydrogen) atoms. The van der Waals surface area contributed by atoms with Crippen LogP contribution in [0.4, 0.5) is 0 Å². The molecule has 5 heteroatoms. The molecule has 0 radical (unpaired) electrons. The first-order valence-corrected chi connectivity index (χ1v) is 11.5. The number of allylic oxidation sites excluding steroid dienone is 2. The van der Waals surface area contributed by atoms with Crippen LogP contribution in [0.1, 0.15) is 63.5 Å². The van der Waals surface area contributed by atoms with Crippen LogP contribution in [0.15, 0.2) is 51.1 Å². The molecular weight excluding hydrogens is 362 g/mol. The van der Waals surface area contributed by atoms with Crippen LogP contribution in [0.3, 0.4) is 0 Å². The van der Waals surface area contributed by atoms with Gasteiger partial charge in [-0.15, -0.1) is 0 Å². The van der Waals surface area contributed by atoms with Crippen molar-refractivity contribution in [2.24, 2.45) is 23.7 Å². The molecule has 1 aliphatic heterocycles. The highest BCUT2D eigenvalue weighted by atomic mass is 16.2. The third-order valence-corrected chi connectivity index (χ3v) is 7.69. The van der Waals surface area contributed by atoms with Gasteiger partial charge in [0.1, 0.15) is 0 Å². The molecule has 0 amide bonds. The normalized spacial score (nSPS) is 29.2. The molecule has 1 aromatic heterocycles. The summed E-state index contributed by atoms with van der Waals surface area (Å²) in [5.74, 6) is 2.39. The van der Waals surface area contributed by atoms with Crippen LogP contribution in [-0.4, -0.2) is 13.9 Å². The Hall–Kier alpha value is -2.30. The van der Waals surface area contributed by atoms with Crippen molar-refractivity contribution in [1.82, 2.24) is 13.9 Å². The molecule has 2 atom stereocenters. The van der Waals surface area contributed by atoms with E-state index in [1.165, 1.54) is 55.9 Å². The van der Waals surface area contributed by atoms with Crippen molar-refractivity contribution in [2.75, 3.05) is 0 Å². The molecule has 2 unspecified atom stereocenters. The fourth-order valence-corrected chi connectivity index (χ4v) is 5.85. The zero-order valence-corrected chi connectivity index (χ0v) is 16.7. The van der Waals surface area contributed by atoms with E-state index in [0.717, 1.165) is 0 Å². The number of nitrogens with zero attached hydrogens (tertiary/aromatic N) is 3. The van der Waals surface area contributed by atoms with Crippen LogP contribution in [0.25, 0.3) is 5.69 Å². The van der Waals surface area contributed by atoms with Gasteiger partial charge in [-0.2, -0.15) is 0 Å². The van der Waals surface area contributed by atoms with Crippen molar-refractivity contribution in [2.45, 2.75) is 63.5 Å². The summed E-state index contributed by atoms with van der Waals surface area (Å²) in [4.78, 5) is 27.5. The largest absolute Gasteiger partial charge is 0.352 e. The van der Waals surface area contributed by atoms with Crippen molar-refractivity contribution < 1.29 is 0 Å². The predicted octanol–water partition coefficient (Wildman–Crippen LogP) is 3.83. The SMILES string of the molecule is O=c1n(-c2ccccc2)c(=O)n2n1C(C1CC1)C(C1CC1)=C(C1CC1)C2C1CC1. The lowest BCUT2D eigenvalue weighted by Gasteiger charge is -2.37. The number of hydrogen-bond acceptors (Lipinski definition) is 2. The van der Waals surface area contributed by atoms with Crippen molar-refractivity contribution >= 4 is 0 Å². The predicted molar refractivity (Wildman–Crippen MR) is 110 cm³/mol. The molecule has 150 valence electrons. The Morgan fingerprint density at radius 2 is 1.07 bits per heavy atom. The maximum absolute atomic E-state index is 13.7. The average molecular weight is 389 g/mol. The van der Waals surface area contributed by atoms with Crippen molar-refractivity contribution in [3.8, 4) is 5.69 Å². The van der Waals surface area contributed by atoms with E-state index < -0.39 is 0 Å². The zero-order valence-electron chi connectivity index (χ0n) is 16.7. The maximum Gasteiger partial charge on any atom is 0.352 e. The molecule has 7 rings (SSSR count). The van der Waals surface area contributed by atoms with E-state index in [0.29, 0.717) is 29.4 Å². The monoisotopic (exact) mass is 389 g/mol. The van der Waals surface area contributed by atoms with Gasteiger partial charge in [-0.1, -0.05) is 18.2 Å². The van der Waals surface area contributed by atoms with E-state index in [-0.39, 0.29) is 23.5 Å². The minimum Gasteiger partial charge on any atom is -0.245 e. The topological polar surface area (TPSA) is 48.9 Å². The van der Waals surface area contributed by atoms with E-state index in [2.05, 4.69) is 0 Å². The number of aromatic nitrogens is 3. The second-order valence-corrected chi connectivity index (χ2v) is 9.95. The molecular formula is C24H27N3O2. The first-order chi connectivity index (χ1) is 14.2. The Kier molecular flexibility index (Phi) is 3.21. The number of fused-ring (bicyclic) bond motifs is 1. The van der Waals surface area contributed by atoms with Gasteiger partial charge in [0.2, 0.25) is 0 Å². The van der Waals surface area contributed by atoms with Gasteiger partial charge >= 0.3 is 11.4 Å². The lowest BCUT2D eigenvalue weighted by molar-refractivity contribution is 0.266. The molecule has 4 fully saturated rings. The van der Waals surface area contributed by atoms with Gasteiger partial charge in [-0.25, -0.2) is 23.5 Å². The second-order valence-electron chi connectivity index (χ2n) is 9.95. The summed E-state index contributed by atoms with van der Waals surface area (Å²) in [7, 11) is 0. The van der Waals surface area contributed by atoms with Gasteiger partial charge in [0.25, 0.3) is 0 Å². The summed E-state index contributed by atoms with van der Waals surface area (Å²) >= 11 is 0. The van der Waals surface area contributed by atoms with Gasteiger partial charge in [0.15, 0.2) is 0 Å². The summed E-state index contributed by atoms with van der Waals surface area (Å²) in [6, 6.07) is 9.75. The van der Waals surface area contributed by atoms with Gasteiger partial charge < -0.3 is 0 Å². The van der Waals surface area contributed by atoms with Crippen LogP contribution >= 0.6 is 0 Å². The standard InChI is InChI=1S/C24H27N3O2/c28-23-25(18-4-2-1-3-5-18)24(29)27-22(17-12-13-17)20(15-8-9-15)19(14-6-7-14)21(26(23)27)16-10-11-16/h1-5,14-17,21-22H,6-13H2. The highest BCUT2D eigenvalue weighted by Gasteiger charge is 2.54. The highest BCUT2D eigenvalue weighted by Crippen LogP contribution is 2.61. The zero-order chi connectivity index (χ0) is 19.3. The Bertz CT molecular complexity index is 1070. The first kappa shape index (κ1) is 16.5. The third-order valence-electron chi connectivity index (χ3n) is 7.69. The summed E-state index contributed by atoms with van der Waals surface area (Å²) in [6.45, 7) is 0. The molecule has 0 N–H and O–H groups in total. The Morgan fingerprint density at radius 1 is 0.621 bits per heavy atom. The van der Waals surface area contributed by atoms with E-state index in [1.54, 1.807) is 11.1 Å². The second kappa shape index (κ2) is 5.65. The van der Waals surface area contributed by atoms with Gasteiger partial charge in [0, 0.05) is 0 Å². The molecule has 5 nitrogen and oxygen atoms in total. The molecule has 1 aromatic carbocycles. The van der Waals surface area contributed by atoms with E-state index >= 15 is 0 Å². The summed E-state index contributed by atoms with van der Waals surface area (Å²) in [5.41, 5.74) is 3.63. The van der Waals surface area contributed by atoms with Gasteiger partial charge in [-0.3, -0.25) is 0 Å². The minimum atomic E-state index is -0.128. The fraction of sp³-hybridized carbons (Fsp3) is 0.583. The number of benzene rings is 1. The first-order valence-electron chi connectivity index (χ1n) is 11.5. The summed E-state index contributed by atoms with van der Waals surface area (Å²) in [5, 5.41) is 0. The van der Waals surface area contributed by atoms with Crippen molar-refractivity contribution in [3.05, 3.63) is 62.4 Å². The van der Waals surface area contributed by atoms with Crippen molar-refractivity contribution in [1.29, 1.82) is 0 Å². The van der Waals surface area contributed by atoms with E-state index in [4.69, 9.17) is 0 Å². The highest BCUT2D eigenvalue weighted by molar-refractivity contribution is 5.38. The number of hydrogen-bond donors (Lipinski definition) is 0. The molecule has 0 spiro atoms. The number of para-hydroxylation sites is 1. The van der Waals surface area contributed by atoms with Crippen LogP contribution in [0, 0.1) is 23.7 Å². The molecule has 0 bridgehead atoms. The Morgan fingerprint density at radius 3 is 1.45 bits per heavy atom. The van der Waals surface area contributed by atoms with Crippen LogP contribution in [-0.2, 0) is 0 Å². The smallest absolute Gasteiger partial charge is 0.245 e. The fourth-order valence-electron chi connectivity index (χ4n) is 5.85.